The van der Waals surface area contributed by atoms with Gasteiger partial charge in [0.15, 0.2) is 0 Å². The number of aryl methyl sites for hydroxylation is 1. The molecule has 3 rings (SSSR count). The summed E-state index contributed by atoms with van der Waals surface area (Å²) >= 11 is 0. The Morgan fingerprint density at radius 2 is 1.84 bits per heavy atom. The highest BCUT2D eigenvalue weighted by Gasteiger charge is 2.19. The van der Waals surface area contributed by atoms with Crippen LogP contribution < -0.4 is 15.0 Å². The molecule has 2 aromatic rings. The van der Waals surface area contributed by atoms with E-state index in [1.54, 1.807) is 0 Å². The Labute approximate surface area is 192 Å². The molecule has 0 radical (unpaired) electrons. The third-order valence-electron chi connectivity index (χ3n) is 5.82. The lowest BCUT2D eigenvalue weighted by Crippen LogP contribution is -2.47. The fourth-order valence-electron chi connectivity index (χ4n) is 3.94. The highest BCUT2D eigenvalue weighted by molar-refractivity contribution is 5.97. The molecule has 6 heteroatoms. The number of piperazine rings is 1. The normalized spacial score (nSPS) is 15.4. The van der Waals surface area contributed by atoms with Gasteiger partial charge < -0.3 is 19.7 Å². The van der Waals surface area contributed by atoms with Crippen molar-refractivity contribution in [2.24, 2.45) is 0 Å². The van der Waals surface area contributed by atoms with Crippen molar-refractivity contribution in [1.82, 2.24) is 10.2 Å². The standard InChI is InChI=1S/C26H37N3O3/c1-4-31-18-19-32-25-11-6-5-10-24(25)26(30)27-22(3)12-13-28-14-16-29(17-15-28)23-9-7-8-21(2)20-23/h5-11,20,22H,4,12-19H2,1-3H3,(H,27,30). The van der Waals surface area contributed by atoms with Gasteiger partial charge in [0.1, 0.15) is 12.4 Å². The predicted octanol–water partition coefficient (Wildman–Crippen LogP) is 3.74. The SMILES string of the molecule is CCOCCOc1ccccc1C(=O)NC(C)CCN1CCN(c2cccc(C)c2)CC1. The van der Waals surface area contributed by atoms with Crippen LogP contribution in [0.1, 0.15) is 36.2 Å². The molecule has 32 heavy (non-hydrogen) atoms. The number of benzene rings is 2. The molecule has 0 saturated carbocycles. The largest absolute Gasteiger partial charge is 0.490 e. The molecule has 1 aliphatic heterocycles. The molecule has 1 N–H and O–H groups in total. The summed E-state index contributed by atoms with van der Waals surface area (Å²) in [5.74, 6) is 0.512. The maximum Gasteiger partial charge on any atom is 0.255 e. The third-order valence-corrected chi connectivity index (χ3v) is 5.82. The lowest BCUT2D eigenvalue weighted by molar-refractivity contribution is 0.0919. The Morgan fingerprint density at radius 3 is 2.59 bits per heavy atom. The fraction of sp³-hybridized carbons (Fsp3) is 0.500. The zero-order valence-electron chi connectivity index (χ0n) is 19.7. The molecule has 2 aromatic carbocycles. The first-order chi connectivity index (χ1) is 15.6. The monoisotopic (exact) mass is 439 g/mol. The lowest BCUT2D eigenvalue weighted by atomic mass is 10.1. The number of amides is 1. The molecule has 1 aliphatic rings. The minimum absolute atomic E-state index is 0.0891. The van der Waals surface area contributed by atoms with E-state index in [2.05, 4.69) is 53.2 Å². The molecule has 0 bridgehead atoms. The molecule has 1 saturated heterocycles. The summed E-state index contributed by atoms with van der Waals surface area (Å²) in [7, 11) is 0. The summed E-state index contributed by atoms with van der Waals surface area (Å²) in [5, 5.41) is 3.13. The Balaban J connectivity index is 1.41. The molecule has 0 spiro atoms. The van der Waals surface area contributed by atoms with Gasteiger partial charge in [-0.25, -0.2) is 0 Å². The van der Waals surface area contributed by atoms with Crippen molar-refractivity contribution in [2.45, 2.75) is 33.2 Å². The second kappa shape index (κ2) is 12.5. The van der Waals surface area contributed by atoms with Gasteiger partial charge in [-0.05, 0) is 57.0 Å². The zero-order valence-corrected chi connectivity index (χ0v) is 19.7. The molecule has 1 unspecified atom stereocenters. The maximum absolute atomic E-state index is 12.8. The van der Waals surface area contributed by atoms with Gasteiger partial charge >= 0.3 is 0 Å². The molecule has 1 heterocycles. The second-order valence-electron chi connectivity index (χ2n) is 8.37. The quantitative estimate of drug-likeness (QED) is 0.541. The third kappa shape index (κ3) is 7.24. The van der Waals surface area contributed by atoms with Crippen molar-refractivity contribution >= 4 is 11.6 Å². The van der Waals surface area contributed by atoms with Crippen molar-refractivity contribution in [2.75, 3.05) is 57.4 Å². The van der Waals surface area contributed by atoms with E-state index >= 15 is 0 Å². The smallest absolute Gasteiger partial charge is 0.255 e. The van der Waals surface area contributed by atoms with Gasteiger partial charge in [-0.15, -0.1) is 0 Å². The first-order valence-corrected chi connectivity index (χ1v) is 11.7. The summed E-state index contributed by atoms with van der Waals surface area (Å²) in [6, 6.07) is 16.2. The summed E-state index contributed by atoms with van der Waals surface area (Å²) in [4.78, 5) is 17.7. The molecule has 1 amide bonds. The van der Waals surface area contributed by atoms with E-state index in [4.69, 9.17) is 9.47 Å². The van der Waals surface area contributed by atoms with E-state index in [9.17, 15) is 4.79 Å². The van der Waals surface area contributed by atoms with Crippen molar-refractivity contribution in [3.63, 3.8) is 0 Å². The number of rotatable bonds is 11. The summed E-state index contributed by atoms with van der Waals surface area (Å²) in [6.45, 7) is 12.9. The molecule has 174 valence electrons. The van der Waals surface area contributed by atoms with Gasteiger partial charge in [-0.2, -0.15) is 0 Å². The number of hydrogen-bond donors (Lipinski definition) is 1. The molecule has 0 aromatic heterocycles. The molecule has 1 atom stereocenters. The van der Waals surface area contributed by atoms with Crippen molar-refractivity contribution in [1.29, 1.82) is 0 Å². The van der Waals surface area contributed by atoms with Crippen LogP contribution in [0.25, 0.3) is 0 Å². The predicted molar refractivity (Wildman–Crippen MR) is 130 cm³/mol. The zero-order chi connectivity index (χ0) is 22.8. The van der Waals surface area contributed by atoms with Gasteiger partial charge in [0.05, 0.1) is 12.2 Å². The van der Waals surface area contributed by atoms with Gasteiger partial charge in [-0.3, -0.25) is 9.69 Å². The van der Waals surface area contributed by atoms with E-state index in [0.29, 0.717) is 31.1 Å². The Kier molecular flexibility index (Phi) is 9.38. The van der Waals surface area contributed by atoms with E-state index in [1.807, 2.05) is 31.2 Å². The van der Waals surface area contributed by atoms with Gasteiger partial charge in [-0.1, -0.05) is 24.3 Å². The van der Waals surface area contributed by atoms with Crippen LogP contribution in [-0.4, -0.2) is 69.4 Å². The minimum Gasteiger partial charge on any atom is -0.490 e. The number of anilines is 1. The Bertz CT molecular complexity index is 850. The topological polar surface area (TPSA) is 54.0 Å². The molecular formula is C26H37N3O3. The highest BCUT2D eigenvalue weighted by atomic mass is 16.5. The number of carbonyl (C=O) groups is 1. The van der Waals surface area contributed by atoms with Crippen molar-refractivity contribution < 1.29 is 14.3 Å². The van der Waals surface area contributed by atoms with E-state index in [0.717, 1.165) is 39.1 Å². The van der Waals surface area contributed by atoms with Crippen molar-refractivity contribution in [3.8, 4) is 5.75 Å². The minimum atomic E-state index is -0.0891. The van der Waals surface area contributed by atoms with Crippen LogP contribution in [0.15, 0.2) is 48.5 Å². The van der Waals surface area contributed by atoms with Crippen LogP contribution in [-0.2, 0) is 4.74 Å². The molecule has 1 fully saturated rings. The number of para-hydroxylation sites is 1. The van der Waals surface area contributed by atoms with Crippen LogP contribution in [0.5, 0.6) is 5.75 Å². The number of carbonyl (C=O) groups excluding carboxylic acids is 1. The lowest BCUT2D eigenvalue weighted by Gasteiger charge is -2.36. The van der Waals surface area contributed by atoms with Crippen LogP contribution in [0.2, 0.25) is 0 Å². The summed E-state index contributed by atoms with van der Waals surface area (Å²) < 4.78 is 11.1. The Morgan fingerprint density at radius 1 is 1.06 bits per heavy atom. The van der Waals surface area contributed by atoms with Crippen LogP contribution in [0.3, 0.4) is 0 Å². The van der Waals surface area contributed by atoms with Crippen LogP contribution in [0, 0.1) is 6.92 Å². The average Bonchev–Trinajstić information content (AvgIpc) is 2.81. The molecular weight excluding hydrogens is 402 g/mol. The van der Waals surface area contributed by atoms with E-state index in [-0.39, 0.29) is 11.9 Å². The second-order valence-corrected chi connectivity index (χ2v) is 8.37. The van der Waals surface area contributed by atoms with Crippen LogP contribution in [0.4, 0.5) is 5.69 Å². The first kappa shape index (κ1) is 24.1. The van der Waals surface area contributed by atoms with E-state index in [1.165, 1.54) is 11.3 Å². The fourth-order valence-corrected chi connectivity index (χ4v) is 3.94. The van der Waals surface area contributed by atoms with E-state index < -0.39 is 0 Å². The van der Waals surface area contributed by atoms with Gasteiger partial charge in [0, 0.05) is 51.1 Å². The summed E-state index contributed by atoms with van der Waals surface area (Å²) in [5.41, 5.74) is 3.19. The number of nitrogens with zero attached hydrogens (tertiary/aromatic N) is 2. The van der Waals surface area contributed by atoms with Crippen LogP contribution >= 0.6 is 0 Å². The molecule has 6 nitrogen and oxygen atoms in total. The highest BCUT2D eigenvalue weighted by Crippen LogP contribution is 2.19. The average molecular weight is 440 g/mol. The van der Waals surface area contributed by atoms with Crippen molar-refractivity contribution in [3.05, 3.63) is 59.7 Å². The number of hydrogen-bond acceptors (Lipinski definition) is 5. The molecule has 0 aliphatic carbocycles. The Hall–Kier alpha value is -2.57. The number of nitrogens with one attached hydrogen (secondary N) is 1. The maximum atomic E-state index is 12.8. The number of ether oxygens (including phenoxy) is 2. The summed E-state index contributed by atoms with van der Waals surface area (Å²) in [6.07, 6.45) is 0.920. The van der Waals surface area contributed by atoms with Gasteiger partial charge in [0.2, 0.25) is 0 Å². The van der Waals surface area contributed by atoms with Gasteiger partial charge in [0.25, 0.3) is 5.91 Å². The first-order valence-electron chi connectivity index (χ1n) is 11.7.